The molecule has 3 rings (SSSR count). The summed E-state index contributed by atoms with van der Waals surface area (Å²) in [5.74, 6) is -0.911. The van der Waals surface area contributed by atoms with Gasteiger partial charge < -0.3 is 5.11 Å². The Hall–Kier alpha value is -2.20. The van der Waals surface area contributed by atoms with Crippen LogP contribution >= 0.6 is 11.3 Å². The monoisotopic (exact) mass is 269 g/mol. The van der Waals surface area contributed by atoms with E-state index in [-0.39, 0.29) is 0 Å². The minimum atomic E-state index is -0.911. The first kappa shape index (κ1) is 11.9. The van der Waals surface area contributed by atoms with E-state index < -0.39 is 5.97 Å². The lowest BCUT2D eigenvalue weighted by Gasteiger charge is -1.97. The van der Waals surface area contributed by atoms with Crippen molar-refractivity contribution in [3.63, 3.8) is 0 Å². The van der Waals surface area contributed by atoms with Gasteiger partial charge in [-0.3, -0.25) is 0 Å². The fourth-order valence-corrected chi connectivity index (χ4v) is 2.98. The summed E-state index contributed by atoms with van der Waals surface area (Å²) in [6.45, 7) is 2.06. The molecule has 0 saturated carbocycles. The number of fused-ring (bicyclic) bond motifs is 1. The van der Waals surface area contributed by atoms with E-state index in [1.54, 1.807) is 35.6 Å². The topological polar surface area (TPSA) is 50.2 Å². The molecule has 0 aliphatic carbocycles. The molecule has 0 radical (unpaired) electrons. The Labute approximate surface area is 114 Å². The molecule has 3 aromatic rings. The van der Waals surface area contributed by atoms with Crippen molar-refractivity contribution in [3.05, 3.63) is 53.6 Å². The first-order valence-electron chi connectivity index (χ1n) is 5.84. The largest absolute Gasteiger partial charge is 0.478 e. The number of carboxylic acid groups (broad SMARTS) is 1. The lowest BCUT2D eigenvalue weighted by atomic mass is 10.1. The van der Waals surface area contributed by atoms with Crippen LogP contribution in [0.4, 0.5) is 0 Å². The van der Waals surface area contributed by atoms with Gasteiger partial charge in [0.15, 0.2) is 0 Å². The fourth-order valence-electron chi connectivity index (χ4n) is 1.91. The molecule has 0 unspecified atom stereocenters. The molecule has 0 atom stereocenters. The van der Waals surface area contributed by atoms with Gasteiger partial charge in [0, 0.05) is 5.56 Å². The molecule has 94 valence electrons. The zero-order valence-corrected chi connectivity index (χ0v) is 11.1. The second-order valence-electron chi connectivity index (χ2n) is 4.37. The van der Waals surface area contributed by atoms with Crippen LogP contribution in [0.2, 0.25) is 0 Å². The smallest absolute Gasteiger partial charge is 0.335 e. The van der Waals surface area contributed by atoms with Crippen molar-refractivity contribution < 1.29 is 9.90 Å². The standard InChI is InChI=1S/C15H11NO2S/c1-9-2-7-12-13(8-9)19-14(16-12)10-3-5-11(6-4-10)15(17)18/h2-8H,1H3,(H,17,18). The zero-order chi connectivity index (χ0) is 13.4. The van der Waals surface area contributed by atoms with Crippen LogP contribution in [0.1, 0.15) is 15.9 Å². The Bertz CT molecular complexity index is 759. The molecule has 0 spiro atoms. The number of carbonyl (C=O) groups is 1. The van der Waals surface area contributed by atoms with E-state index in [9.17, 15) is 4.79 Å². The van der Waals surface area contributed by atoms with Gasteiger partial charge in [-0.15, -0.1) is 11.3 Å². The van der Waals surface area contributed by atoms with Crippen LogP contribution in [0.3, 0.4) is 0 Å². The molecule has 1 aromatic heterocycles. The predicted molar refractivity (Wildman–Crippen MR) is 76.8 cm³/mol. The van der Waals surface area contributed by atoms with Crippen LogP contribution in [0.5, 0.6) is 0 Å². The Balaban J connectivity index is 2.06. The molecule has 1 N–H and O–H groups in total. The van der Waals surface area contributed by atoms with Crippen molar-refractivity contribution in [1.82, 2.24) is 4.98 Å². The number of carboxylic acids is 1. The molecule has 2 aromatic carbocycles. The number of hydrogen-bond donors (Lipinski definition) is 1. The summed E-state index contributed by atoms with van der Waals surface area (Å²) in [4.78, 5) is 15.4. The molecule has 19 heavy (non-hydrogen) atoms. The normalized spacial score (nSPS) is 10.8. The van der Waals surface area contributed by atoms with Crippen molar-refractivity contribution in [1.29, 1.82) is 0 Å². The highest BCUT2D eigenvalue weighted by Gasteiger charge is 2.08. The van der Waals surface area contributed by atoms with Crippen molar-refractivity contribution in [2.75, 3.05) is 0 Å². The van der Waals surface area contributed by atoms with Crippen LogP contribution in [-0.2, 0) is 0 Å². The summed E-state index contributed by atoms with van der Waals surface area (Å²) >= 11 is 1.62. The summed E-state index contributed by atoms with van der Waals surface area (Å²) in [6.07, 6.45) is 0. The number of aromatic carboxylic acids is 1. The molecule has 4 heteroatoms. The number of aromatic nitrogens is 1. The van der Waals surface area contributed by atoms with E-state index in [4.69, 9.17) is 5.11 Å². The van der Waals surface area contributed by atoms with Gasteiger partial charge in [-0.1, -0.05) is 18.2 Å². The molecule has 0 saturated heterocycles. The second-order valence-corrected chi connectivity index (χ2v) is 5.40. The maximum absolute atomic E-state index is 10.8. The summed E-state index contributed by atoms with van der Waals surface area (Å²) in [5, 5.41) is 9.79. The molecular weight excluding hydrogens is 258 g/mol. The quantitative estimate of drug-likeness (QED) is 0.765. The molecule has 0 aliphatic heterocycles. The first-order chi connectivity index (χ1) is 9.13. The van der Waals surface area contributed by atoms with Gasteiger partial charge >= 0.3 is 5.97 Å². The number of aryl methyl sites for hydroxylation is 1. The minimum Gasteiger partial charge on any atom is -0.478 e. The molecule has 0 amide bonds. The maximum atomic E-state index is 10.8. The van der Waals surface area contributed by atoms with Gasteiger partial charge in [0.1, 0.15) is 5.01 Å². The van der Waals surface area contributed by atoms with E-state index in [1.165, 1.54) is 5.56 Å². The Morgan fingerprint density at radius 3 is 2.58 bits per heavy atom. The van der Waals surface area contributed by atoms with E-state index in [1.807, 2.05) is 12.1 Å². The van der Waals surface area contributed by atoms with E-state index in [0.29, 0.717) is 5.56 Å². The average Bonchev–Trinajstić information content (AvgIpc) is 2.81. The third-order valence-electron chi connectivity index (χ3n) is 2.92. The SMILES string of the molecule is Cc1ccc2nc(-c3ccc(C(=O)O)cc3)sc2c1. The third-order valence-corrected chi connectivity index (χ3v) is 3.99. The highest BCUT2D eigenvalue weighted by molar-refractivity contribution is 7.21. The Morgan fingerprint density at radius 1 is 1.16 bits per heavy atom. The van der Waals surface area contributed by atoms with Gasteiger partial charge in [0.05, 0.1) is 15.8 Å². The first-order valence-corrected chi connectivity index (χ1v) is 6.66. The van der Waals surface area contributed by atoms with Crippen LogP contribution in [-0.4, -0.2) is 16.1 Å². The lowest BCUT2D eigenvalue weighted by molar-refractivity contribution is 0.0697. The van der Waals surface area contributed by atoms with Gasteiger partial charge in [0.25, 0.3) is 0 Å². The number of thiazole rings is 1. The molecular formula is C15H11NO2S. The molecule has 0 fully saturated rings. The average molecular weight is 269 g/mol. The van der Waals surface area contributed by atoms with Crippen molar-refractivity contribution in [3.8, 4) is 10.6 Å². The number of nitrogens with zero attached hydrogens (tertiary/aromatic N) is 1. The highest BCUT2D eigenvalue weighted by Crippen LogP contribution is 2.30. The number of hydrogen-bond acceptors (Lipinski definition) is 3. The number of rotatable bonds is 2. The zero-order valence-electron chi connectivity index (χ0n) is 10.3. The predicted octanol–water partition coefficient (Wildman–Crippen LogP) is 3.97. The summed E-state index contributed by atoms with van der Waals surface area (Å²) in [6, 6.07) is 13.0. The van der Waals surface area contributed by atoms with Crippen LogP contribution < -0.4 is 0 Å². The summed E-state index contributed by atoms with van der Waals surface area (Å²) in [5.41, 5.74) is 3.43. The molecule has 0 aliphatic rings. The van der Waals surface area contributed by atoms with Gasteiger partial charge in [-0.05, 0) is 36.8 Å². The van der Waals surface area contributed by atoms with Gasteiger partial charge in [0.2, 0.25) is 0 Å². The molecule has 3 nitrogen and oxygen atoms in total. The second kappa shape index (κ2) is 4.48. The molecule has 0 bridgehead atoms. The fraction of sp³-hybridized carbons (Fsp3) is 0.0667. The van der Waals surface area contributed by atoms with Gasteiger partial charge in [-0.25, -0.2) is 9.78 Å². The highest BCUT2D eigenvalue weighted by atomic mass is 32.1. The van der Waals surface area contributed by atoms with E-state index in [2.05, 4.69) is 18.0 Å². The van der Waals surface area contributed by atoms with Crippen molar-refractivity contribution in [2.45, 2.75) is 6.92 Å². The van der Waals surface area contributed by atoms with E-state index in [0.717, 1.165) is 20.8 Å². The summed E-state index contributed by atoms with van der Waals surface area (Å²) < 4.78 is 1.15. The maximum Gasteiger partial charge on any atom is 0.335 e. The van der Waals surface area contributed by atoms with Crippen LogP contribution in [0.15, 0.2) is 42.5 Å². The number of benzene rings is 2. The molecule has 1 heterocycles. The van der Waals surface area contributed by atoms with Gasteiger partial charge in [-0.2, -0.15) is 0 Å². The van der Waals surface area contributed by atoms with Crippen LogP contribution in [0, 0.1) is 6.92 Å². The summed E-state index contributed by atoms with van der Waals surface area (Å²) in [7, 11) is 0. The van der Waals surface area contributed by atoms with E-state index >= 15 is 0 Å². The Kier molecular flexibility index (Phi) is 2.80. The third kappa shape index (κ3) is 2.22. The van der Waals surface area contributed by atoms with Crippen LogP contribution in [0.25, 0.3) is 20.8 Å². The van der Waals surface area contributed by atoms with Crippen molar-refractivity contribution >= 4 is 27.5 Å². The minimum absolute atomic E-state index is 0.292. The Morgan fingerprint density at radius 2 is 1.89 bits per heavy atom. The lowest BCUT2D eigenvalue weighted by Crippen LogP contribution is -1.94. The van der Waals surface area contributed by atoms with Crippen molar-refractivity contribution in [2.24, 2.45) is 0 Å².